The molecule has 0 radical (unpaired) electrons. The largest absolute Gasteiger partial charge is 0.459 e. The molecule has 0 aromatic heterocycles. The summed E-state index contributed by atoms with van der Waals surface area (Å²) in [6, 6.07) is 3.44. The lowest BCUT2D eigenvalue weighted by atomic mass is 9.58. The van der Waals surface area contributed by atoms with E-state index in [0.29, 0.717) is 11.3 Å². The Morgan fingerprint density at radius 1 is 1.00 bits per heavy atom. The van der Waals surface area contributed by atoms with Crippen molar-refractivity contribution in [1.82, 2.24) is 0 Å². The van der Waals surface area contributed by atoms with E-state index in [9.17, 15) is 14.4 Å². The smallest absolute Gasteiger partial charge is 0.341 e. The monoisotopic (exact) mass is 508 g/mol. The zero-order chi connectivity index (χ0) is 25.9. The molecule has 2 saturated carbocycles. The SMILES string of the molecule is CNc1ccc2c(c1N)C(=O)OC21C2CC(F)C(OC(C)=O)CC2OC2CC(OC(C)=O)C(F)CC21. The van der Waals surface area contributed by atoms with Crippen molar-refractivity contribution in [3.63, 3.8) is 0 Å². The summed E-state index contributed by atoms with van der Waals surface area (Å²) in [4.78, 5) is 36.4. The van der Waals surface area contributed by atoms with E-state index in [4.69, 9.17) is 24.7 Å². The average Bonchev–Trinajstić information content (AvgIpc) is 3.10. The Hall–Kier alpha value is -2.95. The molecule has 0 bridgehead atoms. The maximum Gasteiger partial charge on any atom is 0.341 e. The van der Waals surface area contributed by atoms with Crippen LogP contribution in [0, 0.1) is 11.8 Å². The number of esters is 3. The quantitative estimate of drug-likeness (QED) is 0.360. The Kier molecular flexibility index (Phi) is 6.09. The number of hydrogen-bond donors (Lipinski definition) is 2. The molecular formula is C25H30F2N2O7. The molecule has 5 rings (SSSR count). The first-order chi connectivity index (χ1) is 17.1. The molecule has 1 saturated heterocycles. The first kappa shape index (κ1) is 24.7. The van der Waals surface area contributed by atoms with E-state index >= 15 is 8.78 Å². The van der Waals surface area contributed by atoms with E-state index in [2.05, 4.69) is 5.32 Å². The van der Waals surface area contributed by atoms with Gasteiger partial charge in [-0.3, -0.25) is 9.59 Å². The second-order valence-corrected chi connectivity index (χ2v) is 10.1. The highest BCUT2D eigenvalue weighted by Gasteiger charge is 2.67. The lowest BCUT2D eigenvalue weighted by molar-refractivity contribution is -0.271. The van der Waals surface area contributed by atoms with E-state index in [1.807, 2.05) is 0 Å². The predicted molar refractivity (Wildman–Crippen MR) is 123 cm³/mol. The Labute approximate surface area is 207 Å². The zero-order valence-electron chi connectivity index (χ0n) is 20.3. The lowest BCUT2D eigenvalue weighted by Crippen LogP contribution is -2.64. The molecule has 3 fully saturated rings. The highest BCUT2D eigenvalue weighted by Crippen LogP contribution is 2.61. The molecule has 1 aromatic rings. The second-order valence-electron chi connectivity index (χ2n) is 10.1. The van der Waals surface area contributed by atoms with Crippen molar-refractivity contribution in [2.45, 2.75) is 81.9 Å². The van der Waals surface area contributed by atoms with Gasteiger partial charge in [0.15, 0.2) is 0 Å². The van der Waals surface area contributed by atoms with E-state index in [1.54, 1.807) is 19.2 Å². The molecule has 2 aliphatic carbocycles. The predicted octanol–water partition coefficient (Wildman–Crippen LogP) is 2.80. The van der Waals surface area contributed by atoms with Crippen LogP contribution < -0.4 is 11.1 Å². The Morgan fingerprint density at radius 2 is 1.53 bits per heavy atom. The number of nitrogen functional groups attached to an aromatic ring is 1. The summed E-state index contributed by atoms with van der Waals surface area (Å²) in [6.45, 7) is 2.42. The molecule has 0 amide bonds. The number of fused-ring (bicyclic) bond motifs is 6. The first-order valence-corrected chi connectivity index (χ1v) is 12.2. The van der Waals surface area contributed by atoms with Gasteiger partial charge < -0.3 is 30.0 Å². The van der Waals surface area contributed by atoms with E-state index in [-0.39, 0.29) is 36.9 Å². The van der Waals surface area contributed by atoms with Gasteiger partial charge in [-0.2, -0.15) is 0 Å². The molecule has 1 spiro atoms. The molecule has 196 valence electrons. The molecule has 2 heterocycles. The van der Waals surface area contributed by atoms with E-state index < -0.39 is 72.1 Å². The zero-order valence-corrected chi connectivity index (χ0v) is 20.3. The summed E-state index contributed by atoms with van der Waals surface area (Å²) in [5, 5.41) is 2.94. The highest BCUT2D eigenvalue weighted by atomic mass is 19.1. The molecule has 8 unspecified atom stereocenters. The van der Waals surface area contributed by atoms with Gasteiger partial charge in [-0.25, -0.2) is 13.6 Å². The number of carbonyl (C=O) groups is 3. The van der Waals surface area contributed by atoms with Crippen LogP contribution in [-0.2, 0) is 34.1 Å². The number of nitrogens with two attached hydrogens (primary N) is 1. The van der Waals surface area contributed by atoms with E-state index in [1.165, 1.54) is 13.8 Å². The number of hydrogen-bond acceptors (Lipinski definition) is 9. The van der Waals surface area contributed by atoms with Gasteiger partial charge in [-0.15, -0.1) is 0 Å². The van der Waals surface area contributed by atoms with Gasteiger partial charge in [-0.05, 0) is 18.9 Å². The molecule has 4 aliphatic rings. The lowest BCUT2D eigenvalue weighted by Gasteiger charge is -2.57. The summed E-state index contributed by atoms with van der Waals surface area (Å²) in [5.74, 6) is -3.20. The minimum Gasteiger partial charge on any atom is -0.459 e. The van der Waals surface area contributed by atoms with Crippen LogP contribution in [0.25, 0.3) is 0 Å². The summed E-state index contributed by atoms with van der Waals surface area (Å²) < 4.78 is 53.6. The van der Waals surface area contributed by atoms with Gasteiger partial charge in [0.25, 0.3) is 0 Å². The number of benzene rings is 1. The molecule has 9 nitrogen and oxygen atoms in total. The summed E-state index contributed by atoms with van der Waals surface area (Å²) >= 11 is 0. The number of nitrogens with one attached hydrogen (secondary N) is 1. The minimum atomic E-state index is -1.53. The van der Waals surface area contributed by atoms with Gasteiger partial charge in [0.05, 0.1) is 29.1 Å². The van der Waals surface area contributed by atoms with Crippen molar-refractivity contribution < 1.29 is 42.1 Å². The topological polar surface area (TPSA) is 126 Å². The van der Waals surface area contributed by atoms with Crippen LogP contribution in [0.3, 0.4) is 0 Å². The van der Waals surface area contributed by atoms with Crippen LogP contribution in [-0.4, -0.2) is 61.7 Å². The van der Waals surface area contributed by atoms with Crippen molar-refractivity contribution in [3.8, 4) is 0 Å². The van der Waals surface area contributed by atoms with Gasteiger partial charge in [-0.1, -0.05) is 6.07 Å². The summed E-state index contributed by atoms with van der Waals surface area (Å²) in [6.07, 6.45) is -6.53. The fraction of sp³-hybridized carbons (Fsp3) is 0.640. The molecule has 1 aromatic carbocycles. The van der Waals surface area contributed by atoms with Gasteiger partial charge in [0, 0.05) is 51.1 Å². The Balaban J connectivity index is 1.61. The number of alkyl halides is 2. The Morgan fingerprint density at radius 3 is 2.00 bits per heavy atom. The van der Waals surface area contributed by atoms with Gasteiger partial charge >= 0.3 is 17.9 Å². The van der Waals surface area contributed by atoms with Crippen molar-refractivity contribution in [3.05, 3.63) is 23.3 Å². The number of rotatable bonds is 3. The molecule has 11 heteroatoms. The molecule has 2 aliphatic heterocycles. The molecule has 36 heavy (non-hydrogen) atoms. The Bertz CT molecular complexity index is 1050. The van der Waals surface area contributed by atoms with Crippen LogP contribution in [0.4, 0.5) is 20.2 Å². The number of anilines is 2. The number of carbonyl (C=O) groups excluding carboxylic acids is 3. The van der Waals surface area contributed by atoms with Crippen LogP contribution in [0.15, 0.2) is 12.1 Å². The number of halogens is 2. The van der Waals surface area contributed by atoms with Gasteiger partial charge in [0.2, 0.25) is 0 Å². The number of ether oxygens (including phenoxy) is 4. The normalized spacial score (nSPS) is 38.9. The van der Waals surface area contributed by atoms with Crippen molar-refractivity contribution >= 4 is 29.3 Å². The minimum absolute atomic E-state index is 0.0463. The molecular weight excluding hydrogens is 478 g/mol. The molecule has 8 atom stereocenters. The van der Waals surface area contributed by atoms with E-state index in [0.717, 1.165) is 0 Å². The van der Waals surface area contributed by atoms with Crippen LogP contribution >= 0.6 is 0 Å². The standard InChI is InChI=1S/C25H30F2N2O7/c1-10(30)33-20-8-18-13(6-15(20)26)25(12-4-5-17(29-3)23(28)22(12)24(32)36-25)14-7-16(27)21(34-11(2)31)9-19(14)35-18/h4-5,13-16,18-21,29H,6-9,28H2,1-3H3. The van der Waals surface area contributed by atoms with Crippen molar-refractivity contribution in [1.29, 1.82) is 0 Å². The van der Waals surface area contributed by atoms with Crippen LogP contribution in [0.5, 0.6) is 0 Å². The van der Waals surface area contributed by atoms with Crippen molar-refractivity contribution in [2.75, 3.05) is 18.1 Å². The second kappa shape index (κ2) is 8.86. The maximum absolute atomic E-state index is 15.4. The van der Waals surface area contributed by atoms with Crippen LogP contribution in [0.2, 0.25) is 0 Å². The first-order valence-electron chi connectivity index (χ1n) is 12.2. The summed E-state index contributed by atoms with van der Waals surface area (Å²) in [7, 11) is 1.67. The highest BCUT2D eigenvalue weighted by molar-refractivity contribution is 6.03. The van der Waals surface area contributed by atoms with Gasteiger partial charge in [0.1, 0.15) is 30.2 Å². The van der Waals surface area contributed by atoms with Crippen LogP contribution in [0.1, 0.15) is 55.5 Å². The van der Waals surface area contributed by atoms with Crippen molar-refractivity contribution in [2.24, 2.45) is 11.8 Å². The third-order valence-corrected chi connectivity index (χ3v) is 8.08. The third kappa shape index (κ3) is 3.70. The molecule has 3 N–H and O–H groups in total. The summed E-state index contributed by atoms with van der Waals surface area (Å²) in [5.41, 5.74) is 6.31. The third-order valence-electron chi connectivity index (χ3n) is 8.08. The maximum atomic E-state index is 15.4. The fourth-order valence-electron chi connectivity index (χ4n) is 6.74. The average molecular weight is 509 g/mol. The fourth-order valence-corrected chi connectivity index (χ4v) is 6.74.